The lowest BCUT2D eigenvalue weighted by Gasteiger charge is -2.35. The first-order valence-electron chi connectivity index (χ1n) is 5.80. The molecule has 0 amide bonds. The molecule has 0 aromatic heterocycles. The number of aliphatic hydroxyl groups is 1. The number of likely N-dealkylation sites (tertiary alicyclic amines) is 1. The summed E-state index contributed by atoms with van der Waals surface area (Å²) >= 11 is 2.37. The van der Waals surface area contributed by atoms with Crippen molar-refractivity contribution in [1.29, 1.82) is 0 Å². The molecule has 0 radical (unpaired) electrons. The molecule has 88 valence electrons. The first-order chi connectivity index (χ1) is 7.79. The molecule has 0 spiro atoms. The summed E-state index contributed by atoms with van der Waals surface area (Å²) in [5, 5.41) is 9.97. The second-order valence-corrected chi connectivity index (χ2v) is 5.37. The average Bonchev–Trinajstić information content (AvgIpc) is 2.31. The number of hydrogen-bond acceptors (Lipinski definition) is 2. The smallest absolute Gasteiger partial charge is 0.0703 e. The van der Waals surface area contributed by atoms with E-state index in [9.17, 15) is 5.11 Å². The Morgan fingerprint density at radius 2 is 2.06 bits per heavy atom. The van der Waals surface area contributed by atoms with E-state index in [1.54, 1.807) is 0 Å². The van der Waals surface area contributed by atoms with Crippen molar-refractivity contribution < 1.29 is 5.11 Å². The Hall–Kier alpha value is -0.130. The van der Waals surface area contributed by atoms with Gasteiger partial charge >= 0.3 is 0 Å². The van der Waals surface area contributed by atoms with Crippen molar-refractivity contribution in [1.82, 2.24) is 4.90 Å². The van der Waals surface area contributed by atoms with Gasteiger partial charge in [-0.25, -0.2) is 0 Å². The van der Waals surface area contributed by atoms with Crippen LogP contribution in [0.1, 0.15) is 12.0 Å². The maximum atomic E-state index is 9.97. The Bertz CT molecular complexity index is 317. The maximum absolute atomic E-state index is 9.97. The van der Waals surface area contributed by atoms with Crippen LogP contribution in [-0.2, 0) is 6.54 Å². The summed E-state index contributed by atoms with van der Waals surface area (Å²) in [6.45, 7) is 2.90. The van der Waals surface area contributed by atoms with Gasteiger partial charge in [-0.05, 0) is 24.4 Å². The van der Waals surface area contributed by atoms with Crippen molar-refractivity contribution in [3.8, 4) is 0 Å². The van der Waals surface area contributed by atoms with Crippen molar-refractivity contribution in [2.45, 2.75) is 19.1 Å². The van der Waals surface area contributed by atoms with E-state index < -0.39 is 0 Å². The molecule has 1 heterocycles. The summed E-state index contributed by atoms with van der Waals surface area (Å²) in [6, 6.07) is 10.5. The molecule has 0 saturated carbocycles. The maximum Gasteiger partial charge on any atom is 0.0703 e. The standard InChI is InChI=1S/C13H18INO/c14-8-12-6-7-15(10-13(12)16)9-11-4-2-1-3-5-11/h1-5,12-13,16H,6-10H2. The minimum absolute atomic E-state index is 0.144. The summed E-state index contributed by atoms with van der Waals surface area (Å²) in [5.74, 6) is 0.493. The first kappa shape index (κ1) is 12.3. The molecular formula is C13H18INO. The molecule has 1 aromatic carbocycles. The zero-order valence-corrected chi connectivity index (χ0v) is 11.5. The van der Waals surface area contributed by atoms with Gasteiger partial charge in [-0.15, -0.1) is 0 Å². The number of β-amino-alcohol motifs (C(OH)–C–C–N with tert-alkyl or cyclic N) is 1. The summed E-state index contributed by atoms with van der Waals surface area (Å²) in [4.78, 5) is 2.35. The van der Waals surface area contributed by atoms with Gasteiger partial charge in [0.15, 0.2) is 0 Å². The number of benzene rings is 1. The van der Waals surface area contributed by atoms with Crippen LogP contribution < -0.4 is 0 Å². The Balaban J connectivity index is 1.89. The quantitative estimate of drug-likeness (QED) is 0.679. The van der Waals surface area contributed by atoms with Gasteiger partial charge in [-0.2, -0.15) is 0 Å². The van der Waals surface area contributed by atoms with Crippen molar-refractivity contribution >= 4 is 22.6 Å². The molecule has 1 saturated heterocycles. The molecule has 1 fully saturated rings. The van der Waals surface area contributed by atoms with Gasteiger partial charge in [0.05, 0.1) is 6.10 Å². The van der Waals surface area contributed by atoms with Crippen LogP contribution in [0.5, 0.6) is 0 Å². The van der Waals surface area contributed by atoms with Gasteiger partial charge in [-0.1, -0.05) is 52.9 Å². The monoisotopic (exact) mass is 331 g/mol. The second kappa shape index (κ2) is 5.98. The predicted molar refractivity (Wildman–Crippen MR) is 74.7 cm³/mol. The second-order valence-electron chi connectivity index (χ2n) is 4.49. The van der Waals surface area contributed by atoms with Gasteiger partial charge in [0.2, 0.25) is 0 Å². The highest BCUT2D eigenvalue weighted by molar-refractivity contribution is 14.1. The van der Waals surface area contributed by atoms with Crippen molar-refractivity contribution in [2.75, 3.05) is 17.5 Å². The molecule has 1 aliphatic heterocycles. The molecule has 0 bridgehead atoms. The van der Waals surface area contributed by atoms with E-state index in [4.69, 9.17) is 0 Å². The Morgan fingerprint density at radius 3 is 2.69 bits per heavy atom. The van der Waals surface area contributed by atoms with Gasteiger partial charge in [-0.3, -0.25) is 4.90 Å². The molecule has 1 aromatic rings. The van der Waals surface area contributed by atoms with E-state index in [0.717, 1.165) is 30.5 Å². The van der Waals surface area contributed by atoms with Crippen LogP contribution in [-0.4, -0.2) is 33.6 Å². The Morgan fingerprint density at radius 1 is 1.31 bits per heavy atom. The van der Waals surface area contributed by atoms with Crippen LogP contribution in [0.25, 0.3) is 0 Å². The van der Waals surface area contributed by atoms with Crippen LogP contribution in [0.4, 0.5) is 0 Å². The van der Waals surface area contributed by atoms with E-state index in [1.165, 1.54) is 5.56 Å². The lowest BCUT2D eigenvalue weighted by atomic mass is 9.96. The number of halogens is 1. The molecule has 1 N–H and O–H groups in total. The molecule has 3 heteroatoms. The molecule has 2 atom stereocenters. The van der Waals surface area contributed by atoms with Crippen LogP contribution in [0.2, 0.25) is 0 Å². The first-order valence-corrected chi connectivity index (χ1v) is 7.32. The fourth-order valence-corrected chi connectivity index (χ4v) is 3.24. The number of alkyl halides is 1. The highest BCUT2D eigenvalue weighted by Gasteiger charge is 2.26. The van der Waals surface area contributed by atoms with Crippen LogP contribution in [0.3, 0.4) is 0 Å². The molecule has 1 aliphatic rings. The fraction of sp³-hybridized carbons (Fsp3) is 0.538. The zero-order valence-electron chi connectivity index (χ0n) is 9.35. The van der Waals surface area contributed by atoms with Crippen LogP contribution in [0, 0.1) is 5.92 Å². The van der Waals surface area contributed by atoms with E-state index in [0.29, 0.717) is 5.92 Å². The highest BCUT2D eigenvalue weighted by atomic mass is 127. The third-order valence-corrected chi connectivity index (χ3v) is 4.38. The number of piperidine rings is 1. The highest BCUT2D eigenvalue weighted by Crippen LogP contribution is 2.21. The van der Waals surface area contributed by atoms with Crippen molar-refractivity contribution in [2.24, 2.45) is 5.92 Å². The van der Waals surface area contributed by atoms with E-state index in [1.807, 2.05) is 6.07 Å². The predicted octanol–water partition coefficient (Wildman–Crippen LogP) is 2.30. The number of nitrogens with zero attached hydrogens (tertiary/aromatic N) is 1. The summed E-state index contributed by atoms with van der Waals surface area (Å²) in [7, 11) is 0. The summed E-state index contributed by atoms with van der Waals surface area (Å²) in [6.07, 6.45) is 0.978. The number of hydrogen-bond donors (Lipinski definition) is 1. The minimum atomic E-state index is -0.144. The van der Waals surface area contributed by atoms with Crippen molar-refractivity contribution in [3.63, 3.8) is 0 Å². The molecule has 16 heavy (non-hydrogen) atoms. The summed E-state index contributed by atoms with van der Waals surface area (Å²) in [5.41, 5.74) is 1.34. The normalized spacial score (nSPS) is 26.9. The van der Waals surface area contributed by atoms with Crippen LogP contribution in [0.15, 0.2) is 30.3 Å². The topological polar surface area (TPSA) is 23.5 Å². The summed E-state index contributed by atoms with van der Waals surface area (Å²) < 4.78 is 1.07. The van der Waals surface area contributed by atoms with E-state index in [-0.39, 0.29) is 6.10 Å². The van der Waals surface area contributed by atoms with Gasteiger partial charge in [0.25, 0.3) is 0 Å². The van der Waals surface area contributed by atoms with Gasteiger partial charge < -0.3 is 5.11 Å². The number of aliphatic hydroxyl groups excluding tert-OH is 1. The van der Waals surface area contributed by atoms with E-state index in [2.05, 4.69) is 51.8 Å². The molecule has 2 nitrogen and oxygen atoms in total. The Kier molecular flexibility index (Phi) is 4.61. The third kappa shape index (κ3) is 3.18. The SMILES string of the molecule is OC1CN(Cc2ccccc2)CCC1CI. The van der Waals surface area contributed by atoms with Crippen LogP contribution >= 0.6 is 22.6 Å². The lowest BCUT2D eigenvalue weighted by Crippen LogP contribution is -2.43. The van der Waals surface area contributed by atoms with Crippen molar-refractivity contribution in [3.05, 3.63) is 35.9 Å². The molecule has 2 unspecified atom stereocenters. The van der Waals surface area contributed by atoms with Gasteiger partial charge in [0.1, 0.15) is 0 Å². The third-order valence-electron chi connectivity index (χ3n) is 3.25. The Labute approximate surface area is 111 Å². The largest absolute Gasteiger partial charge is 0.391 e. The number of rotatable bonds is 3. The molecule has 2 rings (SSSR count). The molecule has 0 aliphatic carbocycles. The molecular weight excluding hydrogens is 313 g/mol. The van der Waals surface area contributed by atoms with Gasteiger partial charge in [0, 0.05) is 17.5 Å². The lowest BCUT2D eigenvalue weighted by molar-refractivity contribution is 0.0288. The average molecular weight is 331 g/mol. The fourth-order valence-electron chi connectivity index (χ4n) is 2.21. The minimum Gasteiger partial charge on any atom is -0.391 e. The zero-order chi connectivity index (χ0) is 11.4. The van der Waals surface area contributed by atoms with E-state index >= 15 is 0 Å².